The number of Topliss-reactive ketones (excluding diaryl/α,β-unsaturated/α-hetero) is 1. The summed E-state index contributed by atoms with van der Waals surface area (Å²) in [4.78, 5) is 11.5. The molecular formula is C10H19NO4S. The second-order valence-electron chi connectivity index (χ2n) is 4.17. The van der Waals surface area contributed by atoms with E-state index < -0.39 is 9.84 Å². The summed E-state index contributed by atoms with van der Waals surface area (Å²) < 4.78 is 27.1. The summed E-state index contributed by atoms with van der Waals surface area (Å²) in [7, 11) is -2.95. The van der Waals surface area contributed by atoms with Gasteiger partial charge in [0.05, 0.1) is 18.5 Å². The molecule has 0 amide bonds. The Morgan fingerprint density at radius 3 is 2.81 bits per heavy atom. The average Bonchev–Trinajstić information content (AvgIpc) is 2.17. The fraction of sp³-hybridized carbons (Fsp3) is 0.900. The predicted octanol–water partition coefficient (Wildman–Crippen LogP) is -0.241. The highest BCUT2D eigenvalue weighted by molar-refractivity contribution is 7.90. The van der Waals surface area contributed by atoms with Crippen LogP contribution >= 0.6 is 0 Å². The third kappa shape index (κ3) is 6.19. The molecule has 0 aromatic heterocycles. The number of ketones is 1. The molecule has 5 nitrogen and oxygen atoms in total. The number of carbonyl (C=O) groups is 1. The fourth-order valence-corrected chi connectivity index (χ4v) is 2.31. The molecule has 1 aliphatic rings. The number of carbonyl (C=O) groups excluding carboxylic acids is 1. The summed E-state index contributed by atoms with van der Waals surface area (Å²) in [5.74, 6) is 0.167. The molecule has 94 valence electrons. The van der Waals surface area contributed by atoms with Crippen LogP contribution in [0.5, 0.6) is 0 Å². The minimum Gasteiger partial charge on any atom is -0.375 e. The standard InChI is InChI=1S/C10H19NO4S/c1-16(13,14)6-2-3-9(12)7-10-8-11-4-5-15-10/h10-11H,2-8H2,1H3. The molecular weight excluding hydrogens is 230 g/mol. The Hall–Kier alpha value is -0.460. The van der Waals surface area contributed by atoms with Gasteiger partial charge in [-0.3, -0.25) is 4.79 Å². The highest BCUT2D eigenvalue weighted by Crippen LogP contribution is 2.06. The van der Waals surface area contributed by atoms with Crippen molar-refractivity contribution in [1.29, 1.82) is 0 Å². The molecule has 0 bridgehead atoms. The van der Waals surface area contributed by atoms with E-state index in [-0.39, 0.29) is 17.6 Å². The van der Waals surface area contributed by atoms with Crippen LogP contribution in [0.2, 0.25) is 0 Å². The summed E-state index contributed by atoms with van der Waals surface area (Å²) in [5, 5.41) is 3.15. The van der Waals surface area contributed by atoms with Gasteiger partial charge < -0.3 is 10.1 Å². The molecule has 1 fully saturated rings. The van der Waals surface area contributed by atoms with Crippen LogP contribution in [0, 0.1) is 0 Å². The quantitative estimate of drug-likeness (QED) is 0.703. The maximum absolute atomic E-state index is 11.5. The predicted molar refractivity (Wildman–Crippen MR) is 61.2 cm³/mol. The van der Waals surface area contributed by atoms with Gasteiger partial charge in [-0.1, -0.05) is 0 Å². The molecule has 0 aromatic carbocycles. The molecule has 6 heteroatoms. The number of hydrogen-bond donors (Lipinski definition) is 1. The summed E-state index contributed by atoms with van der Waals surface area (Å²) in [6.07, 6.45) is 2.27. The van der Waals surface area contributed by atoms with E-state index in [1.807, 2.05) is 0 Å². The molecule has 16 heavy (non-hydrogen) atoms. The second-order valence-corrected chi connectivity index (χ2v) is 6.43. The van der Waals surface area contributed by atoms with E-state index in [0.717, 1.165) is 6.54 Å². The van der Waals surface area contributed by atoms with Crippen molar-refractivity contribution in [3.63, 3.8) is 0 Å². The van der Waals surface area contributed by atoms with Crippen LogP contribution in [0.1, 0.15) is 19.3 Å². The Labute approximate surface area is 96.5 Å². The van der Waals surface area contributed by atoms with Crippen molar-refractivity contribution in [3.8, 4) is 0 Å². The first kappa shape index (κ1) is 13.6. The molecule has 1 N–H and O–H groups in total. The monoisotopic (exact) mass is 249 g/mol. The molecule has 0 aromatic rings. The molecule has 1 saturated heterocycles. The molecule has 0 saturated carbocycles. The summed E-state index contributed by atoms with van der Waals surface area (Å²) in [6.45, 7) is 2.18. The van der Waals surface area contributed by atoms with Gasteiger partial charge in [-0.05, 0) is 6.42 Å². The number of hydrogen-bond acceptors (Lipinski definition) is 5. The molecule has 1 unspecified atom stereocenters. The van der Waals surface area contributed by atoms with E-state index in [0.29, 0.717) is 32.4 Å². The second kappa shape index (κ2) is 6.32. The zero-order valence-electron chi connectivity index (χ0n) is 9.57. The Balaban J connectivity index is 2.15. The highest BCUT2D eigenvalue weighted by Gasteiger charge is 2.17. The van der Waals surface area contributed by atoms with Gasteiger partial charge in [0.15, 0.2) is 0 Å². The van der Waals surface area contributed by atoms with Crippen LogP contribution in [0.15, 0.2) is 0 Å². The van der Waals surface area contributed by atoms with Crippen LogP contribution in [-0.2, 0) is 19.4 Å². The normalized spacial score (nSPS) is 21.9. The first-order valence-electron chi connectivity index (χ1n) is 5.49. The SMILES string of the molecule is CS(=O)(=O)CCCC(=O)CC1CNCCO1. The van der Waals surface area contributed by atoms with Crippen molar-refractivity contribution in [2.45, 2.75) is 25.4 Å². The Morgan fingerprint density at radius 1 is 1.50 bits per heavy atom. The van der Waals surface area contributed by atoms with Crippen molar-refractivity contribution in [2.75, 3.05) is 31.7 Å². The van der Waals surface area contributed by atoms with Crippen molar-refractivity contribution < 1.29 is 17.9 Å². The highest BCUT2D eigenvalue weighted by atomic mass is 32.2. The van der Waals surface area contributed by atoms with E-state index in [1.165, 1.54) is 6.26 Å². The van der Waals surface area contributed by atoms with E-state index in [1.54, 1.807) is 0 Å². The van der Waals surface area contributed by atoms with Gasteiger partial charge in [0.2, 0.25) is 0 Å². The lowest BCUT2D eigenvalue weighted by molar-refractivity contribution is -0.122. The summed E-state index contributed by atoms with van der Waals surface area (Å²) in [6, 6.07) is 0. The van der Waals surface area contributed by atoms with E-state index >= 15 is 0 Å². The van der Waals surface area contributed by atoms with E-state index in [4.69, 9.17) is 4.74 Å². The van der Waals surface area contributed by atoms with Crippen molar-refractivity contribution in [2.24, 2.45) is 0 Å². The minimum absolute atomic E-state index is 0.0421. The van der Waals surface area contributed by atoms with Gasteiger partial charge in [0.25, 0.3) is 0 Å². The van der Waals surface area contributed by atoms with Gasteiger partial charge in [0.1, 0.15) is 15.6 Å². The van der Waals surface area contributed by atoms with Crippen molar-refractivity contribution >= 4 is 15.6 Å². The molecule has 1 heterocycles. The Morgan fingerprint density at radius 2 is 2.25 bits per heavy atom. The zero-order valence-corrected chi connectivity index (χ0v) is 10.4. The largest absolute Gasteiger partial charge is 0.375 e. The van der Waals surface area contributed by atoms with Gasteiger partial charge in [0, 0.05) is 32.2 Å². The third-order valence-electron chi connectivity index (χ3n) is 2.43. The molecule has 0 aliphatic carbocycles. The summed E-state index contributed by atoms with van der Waals surface area (Å²) in [5.41, 5.74) is 0. The first-order valence-corrected chi connectivity index (χ1v) is 7.55. The zero-order chi connectivity index (χ0) is 12.0. The summed E-state index contributed by atoms with van der Waals surface area (Å²) >= 11 is 0. The Bertz CT molecular complexity index is 320. The minimum atomic E-state index is -2.95. The fourth-order valence-electron chi connectivity index (χ4n) is 1.64. The smallest absolute Gasteiger partial charge is 0.147 e. The van der Waals surface area contributed by atoms with Crippen molar-refractivity contribution in [3.05, 3.63) is 0 Å². The first-order chi connectivity index (χ1) is 7.47. The van der Waals surface area contributed by atoms with Crippen LogP contribution in [0.3, 0.4) is 0 Å². The number of nitrogens with one attached hydrogen (secondary N) is 1. The molecule has 0 spiro atoms. The maximum Gasteiger partial charge on any atom is 0.147 e. The molecule has 1 atom stereocenters. The van der Waals surface area contributed by atoms with Crippen LogP contribution < -0.4 is 5.32 Å². The van der Waals surface area contributed by atoms with E-state index in [2.05, 4.69) is 5.32 Å². The lowest BCUT2D eigenvalue weighted by Gasteiger charge is -2.22. The lowest BCUT2D eigenvalue weighted by Crippen LogP contribution is -2.39. The van der Waals surface area contributed by atoms with Crippen LogP contribution in [0.25, 0.3) is 0 Å². The lowest BCUT2D eigenvalue weighted by atomic mass is 10.1. The maximum atomic E-state index is 11.5. The van der Waals surface area contributed by atoms with Gasteiger partial charge >= 0.3 is 0 Å². The number of rotatable bonds is 6. The molecule has 1 rings (SSSR count). The van der Waals surface area contributed by atoms with Crippen LogP contribution in [-0.4, -0.2) is 52.0 Å². The average molecular weight is 249 g/mol. The molecule has 1 aliphatic heterocycles. The van der Waals surface area contributed by atoms with E-state index in [9.17, 15) is 13.2 Å². The van der Waals surface area contributed by atoms with Gasteiger partial charge in [-0.25, -0.2) is 8.42 Å². The number of sulfone groups is 1. The van der Waals surface area contributed by atoms with Gasteiger partial charge in [-0.15, -0.1) is 0 Å². The topological polar surface area (TPSA) is 72.5 Å². The number of morpholine rings is 1. The molecule has 0 radical (unpaired) electrons. The Kier molecular flexibility index (Phi) is 5.37. The van der Waals surface area contributed by atoms with Crippen molar-refractivity contribution in [1.82, 2.24) is 5.32 Å². The van der Waals surface area contributed by atoms with Crippen LogP contribution in [0.4, 0.5) is 0 Å². The third-order valence-corrected chi connectivity index (χ3v) is 3.46. The number of ether oxygens (including phenoxy) is 1. The van der Waals surface area contributed by atoms with Gasteiger partial charge in [-0.2, -0.15) is 0 Å².